The fourth-order valence-electron chi connectivity index (χ4n) is 2.73. The first kappa shape index (κ1) is 18.2. The molecule has 1 amide bonds. The lowest BCUT2D eigenvalue weighted by Crippen LogP contribution is -3.09. The standard InChI is InChI=1S/C15H21BrN2O4S/c1-18(8-11-7-12(16)3-4-14(11)22-2)9-15(19)17-13-5-6-23(20,21)10-13/h3-4,7,13H,5-6,8-10H2,1-2H3,(H,17,19)/p+1/t13-/m0/s1. The van der Waals surface area contributed by atoms with Gasteiger partial charge in [-0.3, -0.25) is 4.79 Å². The van der Waals surface area contributed by atoms with E-state index in [0.29, 0.717) is 13.0 Å². The molecule has 128 valence electrons. The zero-order chi connectivity index (χ0) is 17.0. The number of halogens is 1. The van der Waals surface area contributed by atoms with Crippen molar-refractivity contribution < 1.29 is 22.8 Å². The second-order valence-electron chi connectivity index (χ2n) is 5.93. The summed E-state index contributed by atoms with van der Waals surface area (Å²) in [5.74, 6) is 0.876. The van der Waals surface area contributed by atoms with E-state index < -0.39 is 9.84 Å². The summed E-state index contributed by atoms with van der Waals surface area (Å²) in [5, 5.41) is 2.81. The highest BCUT2D eigenvalue weighted by Crippen LogP contribution is 2.22. The summed E-state index contributed by atoms with van der Waals surface area (Å²) in [6, 6.07) is 5.52. The van der Waals surface area contributed by atoms with Crippen LogP contribution in [0, 0.1) is 0 Å². The molecule has 1 saturated heterocycles. The van der Waals surface area contributed by atoms with E-state index in [1.54, 1.807) is 7.11 Å². The molecule has 1 heterocycles. The molecule has 23 heavy (non-hydrogen) atoms. The van der Waals surface area contributed by atoms with Crippen molar-refractivity contribution in [1.82, 2.24) is 5.32 Å². The maximum atomic E-state index is 12.1. The number of sulfone groups is 1. The number of rotatable bonds is 6. The minimum Gasteiger partial charge on any atom is -0.496 e. The molecular weight excluding hydrogens is 384 g/mol. The van der Waals surface area contributed by atoms with Crippen LogP contribution in [0.2, 0.25) is 0 Å². The van der Waals surface area contributed by atoms with Gasteiger partial charge in [-0.25, -0.2) is 8.42 Å². The number of carbonyl (C=O) groups excluding carboxylic acids is 1. The summed E-state index contributed by atoms with van der Waals surface area (Å²) in [7, 11) is 0.567. The number of benzene rings is 1. The molecule has 1 unspecified atom stereocenters. The van der Waals surface area contributed by atoms with Crippen molar-refractivity contribution >= 4 is 31.7 Å². The van der Waals surface area contributed by atoms with Gasteiger partial charge in [-0.2, -0.15) is 0 Å². The second kappa shape index (κ2) is 7.63. The first-order chi connectivity index (χ1) is 10.8. The Balaban J connectivity index is 1.88. The van der Waals surface area contributed by atoms with E-state index in [1.165, 1.54) is 0 Å². The molecule has 8 heteroatoms. The number of nitrogens with one attached hydrogen (secondary N) is 2. The van der Waals surface area contributed by atoms with E-state index >= 15 is 0 Å². The van der Waals surface area contributed by atoms with Crippen molar-refractivity contribution in [1.29, 1.82) is 0 Å². The Hall–Kier alpha value is -1.12. The van der Waals surface area contributed by atoms with Gasteiger partial charge in [-0.15, -0.1) is 0 Å². The molecular formula is C15H22BrN2O4S+. The molecule has 0 bridgehead atoms. The highest BCUT2D eigenvalue weighted by Gasteiger charge is 2.29. The van der Waals surface area contributed by atoms with E-state index in [2.05, 4.69) is 21.2 Å². The van der Waals surface area contributed by atoms with Gasteiger partial charge in [0, 0.05) is 16.1 Å². The van der Waals surface area contributed by atoms with Gasteiger partial charge in [0.25, 0.3) is 5.91 Å². The summed E-state index contributed by atoms with van der Waals surface area (Å²) >= 11 is 3.43. The van der Waals surface area contributed by atoms with Gasteiger partial charge < -0.3 is 15.0 Å². The monoisotopic (exact) mass is 405 g/mol. The first-order valence-electron chi connectivity index (χ1n) is 7.42. The van der Waals surface area contributed by atoms with E-state index in [-0.39, 0.29) is 30.0 Å². The van der Waals surface area contributed by atoms with Crippen molar-refractivity contribution in [3.63, 3.8) is 0 Å². The molecule has 1 aromatic rings. The third-order valence-electron chi connectivity index (χ3n) is 3.79. The van der Waals surface area contributed by atoms with Crippen LogP contribution in [-0.2, 0) is 21.2 Å². The van der Waals surface area contributed by atoms with Crippen molar-refractivity contribution in [2.24, 2.45) is 0 Å². The Bertz CT molecular complexity index is 678. The molecule has 1 aromatic carbocycles. The molecule has 0 aromatic heterocycles. The summed E-state index contributed by atoms with van der Waals surface area (Å²) in [6.45, 7) is 0.922. The number of hydrogen-bond donors (Lipinski definition) is 2. The minimum absolute atomic E-state index is 0.0528. The molecule has 2 atom stereocenters. The van der Waals surface area contributed by atoms with Crippen LogP contribution in [0.4, 0.5) is 0 Å². The van der Waals surface area contributed by atoms with Gasteiger partial charge in [-0.1, -0.05) is 15.9 Å². The number of methoxy groups -OCH3 is 1. The van der Waals surface area contributed by atoms with Gasteiger partial charge in [0.1, 0.15) is 12.3 Å². The fraction of sp³-hybridized carbons (Fsp3) is 0.533. The van der Waals surface area contributed by atoms with Crippen molar-refractivity contribution in [2.75, 3.05) is 32.2 Å². The molecule has 6 nitrogen and oxygen atoms in total. The number of quaternary nitrogens is 1. The van der Waals surface area contributed by atoms with Crippen molar-refractivity contribution in [3.8, 4) is 5.75 Å². The SMILES string of the molecule is COc1ccc(Br)cc1C[NH+](C)CC(=O)N[C@H]1CCS(=O)(=O)C1. The Morgan fingerprint density at radius 1 is 1.48 bits per heavy atom. The minimum atomic E-state index is -2.98. The normalized spacial score (nSPS) is 20.9. The lowest BCUT2D eigenvalue weighted by molar-refractivity contribution is -0.885. The number of amides is 1. The molecule has 0 radical (unpaired) electrons. The molecule has 0 saturated carbocycles. The molecule has 2 rings (SSSR count). The summed E-state index contributed by atoms with van der Waals surface area (Å²) < 4.78 is 29.1. The van der Waals surface area contributed by atoms with E-state index in [9.17, 15) is 13.2 Å². The number of ether oxygens (including phenoxy) is 1. The maximum Gasteiger partial charge on any atom is 0.275 e. The van der Waals surface area contributed by atoms with Crippen LogP contribution in [0.3, 0.4) is 0 Å². The lowest BCUT2D eigenvalue weighted by Gasteiger charge is -2.17. The smallest absolute Gasteiger partial charge is 0.275 e. The van der Waals surface area contributed by atoms with Crippen molar-refractivity contribution in [3.05, 3.63) is 28.2 Å². The molecule has 0 spiro atoms. The third kappa shape index (κ3) is 5.47. The molecule has 1 aliphatic heterocycles. The summed E-state index contributed by atoms with van der Waals surface area (Å²) in [5.41, 5.74) is 1.01. The quantitative estimate of drug-likeness (QED) is 0.685. The van der Waals surface area contributed by atoms with Crippen LogP contribution in [0.1, 0.15) is 12.0 Å². The van der Waals surface area contributed by atoms with Crippen LogP contribution < -0.4 is 15.0 Å². The second-order valence-corrected chi connectivity index (χ2v) is 9.08. The summed E-state index contributed by atoms with van der Waals surface area (Å²) in [6.07, 6.45) is 0.507. The van der Waals surface area contributed by atoms with Gasteiger partial charge in [-0.05, 0) is 24.6 Å². The zero-order valence-electron chi connectivity index (χ0n) is 13.3. The maximum absolute atomic E-state index is 12.1. The number of hydrogen-bond acceptors (Lipinski definition) is 4. The van der Waals surface area contributed by atoms with Gasteiger partial charge >= 0.3 is 0 Å². The number of carbonyl (C=O) groups is 1. The third-order valence-corrected chi connectivity index (χ3v) is 6.06. The predicted octanol–water partition coefficient (Wildman–Crippen LogP) is -0.224. The van der Waals surface area contributed by atoms with Crippen molar-refractivity contribution in [2.45, 2.75) is 19.0 Å². The van der Waals surface area contributed by atoms with E-state index in [0.717, 1.165) is 20.7 Å². The van der Waals surface area contributed by atoms with Gasteiger partial charge in [0.05, 0.1) is 25.7 Å². The Morgan fingerprint density at radius 3 is 2.83 bits per heavy atom. The first-order valence-corrected chi connectivity index (χ1v) is 10.0. The Morgan fingerprint density at radius 2 is 2.22 bits per heavy atom. The number of likely N-dealkylation sites (N-methyl/N-ethyl adjacent to an activating group) is 1. The zero-order valence-corrected chi connectivity index (χ0v) is 15.7. The van der Waals surface area contributed by atoms with Crippen LogP contribution in [0.5, 0.6) is 5.75 Å². The Labute approximate surface area is 145 Å². The average Bonchev–Trinajstić information content (AvgIpc) is 2.77. The van der Waals surface area contributed by atoms with Crippen LogP contribution >= 0.6 is 15.9 Å². The van der Waals surface area contributed by atoms with Gasteiger partial charge in [0.2, 0.25) is 0 Å². The van der Waals surface area contributed by atoms with E-state index in [4.69, 9.17) is 4.74 Å². The topological polar surface area (TPSA) is 76.9 Å². The van der Waals surface area contributed by atoms with Crippen LogP contribution in [0.15, 0.2) is 22.7 Å². The predicted molar refractivity (Wildman–Crippen MR) is 91.4 cm³/mol. The molecule has 1 fully saturated rings. The van der Waals surface area contributed by atoms with Gasteiger partial charge in [0.15, 0.2) is 16.4 Å². The molecule has 1 aliphatic rings. The van der Waals surface area contributed by atoms with E-state index in [1.807, 2.05) is 25.2 Å². The van der Waals surface area contributed by atoms with Crippen LogP contribution in [0.25, 0.3) is 0 Å². The fourth-order valence-corrected chi connectivity index (χ4v) is 4.82. The molecule has 0 aliphatic carbocycles. The molecule has 2 N–H and O–H groups in total. The summed E-state index contributed by atoms with van der Waals surface area (Å²) in [4.78, 5) is 13.1. The van der Waals surface area contributed by atoms with Crippen LogP contribution in [-0.4, -0.2) is 52.6 Å². The largest absolute Gasteiger partial charge is 0.496 e. The highest BCUT2D eigenvalue weighted by molar-refractivity contribution is 9.10. The highest BCUT2D eigenvalue weighted by atomic mass is 79.9. The Kier molecular flexibility index (Phi) is 6.05. The lowest BCUT2D eigenvalue weighted by atomic mass is 10.2. The average molecular weight is 406 g/mol.